The maximum absolute atomic E-state index is 10.6. The number of fused-ring (bicyclic) bond motifs is 1. The Balaban J connectivity index is 1.90. The Morgan fingerprint density at radius 2 is 1.79 bits per heavy atom. The Morgan fingerprint density at radius 3 is 2.53 bits per heavy atom. The maximum atomic E-state index is 10.6. The van der Waals surface area contributed by atoms with E-state index < -0.39 is 6.10 Å². The van der Waals surface area contributed by atoms with E-state index in [0.29, 0.717) is 0 Å². The van der Waals surface area contributed by atoms with Gasteiger partial charge in [0.15, 0.2) is 0 Å². The molecule has 19 heavy (non-hydrogen) atoms. The van der Waals surface area contributed by atoms with Crippen molar-refractivity contribution in [3.63, 3.8) is 0 Å². The first kappa shape index (κ1) is 12.2. The van der Waals surface area contributed by atoms with Gasteiger partial charge in [0.1, 0.15) is 5.75 Å². The number of ether oxygens (including phenoxy) is 1. The molecule has 0 saturated heterocycles. The molecule has 2 atom stereocenters. The molecule has 2 aromatic rings. The van der Waals surface area contributed by atoms with Crippen LogP contribution in [0.3, 0.4) is 0 Å². The number of hydrogen-bond donors (Lipinski definition) is 1. The standard InChI is InChI=1S/C17H18O2/c1-19-14-9-6-13(7-10-14)16-11-8-12-4-2-3-5-15(12)17(16)18/h2-7,9-10,16-18H,8,11H2,1H3/t16-,17+/m1/s1. The van der Waals surface area contributed by atoms with E-state index in [1.807, 2.05) is 30.3 Å². The molecule has 1 aliphatic carbocycles. The lowest BCUT2D eigenvalue weighted by Crippen LogP contribution is -2.18. The van der Waals surface area contributed by atoms with Crippen molar-refractivity contribution in [2.75, 3.05) is 7.11 Å². The second-order valence-electron chi connectivity index (χ2n) is 5.06. The molecule has 98 valence electrons. The Hall–Kier alpha value is -1.80. The van der Waals surface area contributed by atoms with Crippen LogP contribution in [0.5, 0.6) is 5.75 Å². The van der Waals surface area contributed by atoms with Crippen LogP contribution in [0.25, 0.3) is 0 Å². The molecule has 2 heteroatoms. The minimum absolute atomic E-state index is 0.181. The molecule has 0 radical (unpaired) electrons. The van der Waals surface area contributed by atoms with Crippen LogP contribution in [0, 0.1) is 0 Å². The zero-order valence-electron chi connectivity index (χ0n) is 11.0. The lowest BCUT2D eigenvalue weighted by Gasteiger charge is -2.30. The van der Waals surface area contributed by atoms with E-state index in [4.69, 9.17) is 4.74 Å². The van der Waals surface area contributed by atoms with Gasteiger partial charge in [-0.15, -0.1) is 0 Å². The van der Waals surface area contributed by atoms with Gasteiger partial charge in [0, 0.05) is 5.92 Å². The number of methoxy groups -OCH3 is 1. The van der Waals surface area contributed by atoms with Gasteiger partial charge in [0.2, 0.25) is 0 Å². The summed E-state index contributed by atoms with van der Waals surface area (Å²) in [5.41, 5.74) is 3.54. The van der Waals surface area contributed by atoms with Crippen LogP contribution < -0.4 is 4.74 Å². The third-order valence-electron chi connectivity index (χ3n) is 4.02. The fraction of sp³-hybridized carbons (Fsp3) is 0.294. The van der Waals surface area contributed by atoms with Crippen molar-refractivity contribution in [1.82, 2.24) is 0 Å². The van der Waals surface area contributed by atoms with Gasteiger partial charge >= 0.3 is 0 Å². The van der Waals surface area contributed by atoms with E-state index in [0.717, 1.165) is 24.2 Å². The summed E-state index contributed by atoms with van der Waals surface area (Å²) >= 11 is 0. The van der Waals surface area contributed by atoms with Gasteiger partial charge in [-0.05, 0) is 41.7 Å². The van der Waals surface area contributed by atoms with E-state index in [1.165, 1.54) is 11.1 Å². The molecule has 0 heterocycles. The molecular weight excluding hydrogens is 236 g/mol. The van der Waals surface area contributed by atoms with Crippen molar-refractivity contribution in [2.24, 2.45) is 0 Å². The first-order valence-electron chi connectivity index (χ1n) is 6.69. The van der Waals surface area contributed by atoms with E-state index in [1.54, 1.807) is 7.11 Å². The molecule has 0 saturated carbocycles. The van der Waals surface area contributed by atoms with E-state index in [2.05, 4.69) is 18.2 Å². The van der Waals surface area contributed by atoms with E-state index in [-0.39, 0.29) is 5.92 Å². The third-order valence-corrected chi connectivity index (χ3v) is 4.02. The lowest BCUT2D eigenvalue weighted by molar-refractivity contribution is 0.131. The Morgan fingerprint density at radius 1 is 1.05 bits per heavy atom. The van der Waals surface area contributed by atoms with Crippen molar-refractivity contribution in [1.29, 1.82) is 0 Å². The molecule has 3 rings (SSSR count). The van der Waals surface area contributed by atoms with Gasteiger partial charge in [0.05, 0.1) is 13.2 Å². The molecule has 0 fully saturated rings. The fourth-order valence-corrected chi connectivity index (χ4v) is 2.94. The minimum Gasteiger partial charge on any atom is -0.497 e. The highest BCUT2D eigenvalue weighted by Crippen LogP contribution is 2.40. The summed E-state index contributed by atoms with van der Waals surface area (Å²) in [6, 6.07) is 16.2. The second-order valence-corrected chi connectivity index (χ2v) is 5.06. The summed E-state index contributed by atoms with van der Waals surface area (Å²) in [6.07, 6.45) is 1.62. The zero-order chi connectivity index (χ0) is 13.2. The average Bonchev–Trinajstić information content (AvgIpc) is 2.48. The van der Waals surface area contributed by atoms with Gasteiger partial charge in [-0.25, -0.2) is 0 Å². The van der Waals surface area contributed by atoms with Gasteiger partial charge in [-0.1, -0.05) is 36.4 Å². The average molecular weight is 254 g/mol. The summed E-state index contributed by atoms with van der Waals surface area (Å²) in [7, 11) is 1.67. The molecule has 0 bridgehead atoms. The summed E-state index contributed by atoms with van der Waals surface area (Å²) in [5.74, 6) is 1.04. The number of aliphatic hydroxyl groups is 1. The van der Waals surface area contributed by atoms with Crippen LogP contribution in [0.4, 0.5) is 0 Å². The van der Waals surface area contributed by atoms with Gasteiger partial charge in [-0.2, -0.15) is 0 Å². The molecule has 0 aromatic heterocycles. The molecule has 0 amide bonds. The van der Waals surface area contributed by atoms with Crippen LogP contribution in [-0.4, -0.2) is 12.2 Å². The molecule has 0 spiro atoms. The minimum atomic E-state index is -0.404. The first-order valence-corrected chi connectivity index (χ1v) is 6.69. The maximum Gasteiger partial charge on any atom is 0.118 e. The highest BCUT2D eigenvalue weighted by Gasteiger charge is 2.28. The number of benzene rings is 2. The van der Waals surface area contributed by atoms with Crippen LogP contribution in [0.2, 0.25) is 0 Å². The largest absolute Gasteiger partial charge is 0.497 e. The zero-order valence-corrected chi connectivity index (χ0v) is 11.0. The quantitative estimate of drug-likeness (QED) is 0.889. The van der Waals surface area contributed by atoms with Crippen LogP contribution in [-0.2, 0) is 6.42 Å². The normalized spacial score (nSPS) is 21.8. The van der Waals surface area contributed by atoms with Crippen molar-refractivity contribution in [2.45, 2.75) is 24.9 Å². The second kappa shape index (κ2) is 5.06. The van der Waals surface area contributed by atoms with Crippen molar-refractivity contribution < 1.29 is 9.84 Å². The Bertz CT molecular complexity index is 560. The Labute approximate surface area is 113 Å². The monoisotopic (exact) mass is 254 g/mol. The number of aliphatic hydroxyl groups excluding tert-OH is 1. The predicted molar refractivity (Wildman–Crippen MR) is 75.5 cm³/mol. The summed E-state index contributed by atoms with van der Waals surface area (Å²) in [4.78, 5) is 0. The van der Waals surface area contributed by atoms with Gasteiger partial charge in [0.25, 0.3) is 0 Å². The topological polar surface area (TPSA) is 29.5 Å². The highest BCUT2D eigenvalue weighted by molar-refractivity contribution is 5.37. The van der Waals surface area contributed by atoms with E-state index in [9.17, 15) is 5.11 Å². The van der Waals surface area contributed by atoms with Crippen LogP contribution in [0.15, 0.2) is 48.5 Å². The highest BCUT2D eigenvalue weighted by atomic mass is 16.5. The number of rotatable bonds is 2. The smallest absolute Gasteiger partial charge is 0.118 e. The van der Waals surface area contributed by atoms with Gasteiger partial charge < -0.3 is 9.84 Å². The molecule has 2 nitrogen and oxygen atoms in total. The van der Waals surface area contributed by atoms with Crippen molar-refractivity contribution in [3.05, 3.63) is 65.2 Å². The molecule has 0 unspecified atom stereocenters. The Kier molecular flexibility index (Phi) is 3.26. The molecule has 1 aliphatic rings. The molecule has 2 aromatic carbocycles. The summed E-state index contributed by atoms with van der Waals surface area (Å²) in [6.45, 7) is 0. The summed E-state index contributed by atoms with van der Waals surface area (Å²) < 4.78 is 5.18. The lowest BCUT2D eigenvalue weighted by atomic mass is 9.78. The molecular formula is C17H18O2. The van der Waals surface area contributed by atoms with Crippen LogP contribution in [0.1, 0.15) is 35.1 Å². The van der Waals surface area contributed by atoms with Crippen LogP contribution >= 0.6 is 0 Å². The SMILES string of the molecule is COc1ccc([C@H]2CCc3ccccc3[C@@H]2O)cc1. The third kappa shape index (κ3) is 2.24. The molecule has 1 N–H and O–H groups in total. The van der Waals surface area contributed by atoms with E-state index >= 15 is 0 Å². The summed E-state index contributed by atoms with van der Waals surface area (Å²) in [5, 5.41) is 10.6. The number of aryl methyl sites for hydroxylation is 1. The first-order chi connectivity index (χ1) is 9.29. The van der Waals surface area contributed by atoms with Crippen molar-refractivity contribution in [3.8, 4) is 5.75 Å². The molecule has 0 aliphatic heterocycles. The fourth-order valence-electron chi connectivity index (χ4n) is 2.94. The van der Waals surface area contributed by atoms with Crippen molar-refractivity contribution >= 4 is 0 Å². The predicted octanol–water partition coefficient (Wildman–Crippen LogP) is 3.46. The van der Waals surface area contributed by atoms with Gasteiger partial charge in [-0.3, -0.25) is 0 Å². The number of hydrogen-bond acceptors (Lipinski definition) is 2.